The van der Waals surface area contributed by atoms with Crippen LogP contribution in [0.5, 0.6) is 5.75 Å². The van der Waals surface area contributed by atoms with Gasteiger partial charge in [-0.2, -0.15) is 0 Å². The Labute approximate surface area is 153 Å². The number of rotatable bonds is 2. The summed E-state index contributed by atoms with van der Waals surface area (Å²) in [5.74, 6) is -0.261. The van der Waals surface area contributed by atoms with Crippen molar-refractivity contribution in [2.75, 3.05) is 0 Å². The van der Waals surface area contributed by atoms with E-state index in [9.17, 15) is 9.59 Å². The van der Waals surface area contributed by atoms with Gasteiger partial charge in [0.05, 0.1) is 5.91 Å². The second-order valence-corrected chi connectivity index (χ2v) is 3.46. The molecule has 0 aliphatic carbocycles. The number of nitrogens with zero attached hydrogens (tertiary/aromatic N) is 1. The summed E-state index contributed by atoms with van der Waals surface area (Å²) >= 11 is 0. The van der Waals surface area contributed by atoms with Gasteiger partial charge < -0.3 is 14.8 Å². The SMILES string of the molecule is O=C([N-]C(=O)c1ccccc1)Oc1ccccc1.[K+]. The molecule has 2 aromatic rings. The minimum absolute atomic E-state index is 0. The van der Waals surface area contributed by atoms with E-state index in [1.54, 1.807) is 60.7 Å². The van der Waals surface area contributed by atoms with Crippen LogP contribution in [-0.2, 0) is 0 Å². The van der Waals surface area contributed by atoms with Gasteiger partial charge in [0.25, 0.3) is 0 Å². The average molecular weight is 279 g/mol. The molecule has 0 saturated heterocycles. The van der Waals surface area contributed by atoms with Crippen molar-refractivity contribution in [3.8, 4) is 5.75 Å². The zero-order valence-corrected chi connectivity index (χ0v) is 13.6. The molecule has 0 aliphatic heterocycles. The number of amides is 2. The Bertz CT molecular complexity index is 543. The monoisotopic (exact) mass is 279 g/mol. The molecule has 5 heteroatoms. The molecule has 19 heavy (non-hydrogen) atoms. The van der Waals surface area contributed by atoms with Crippen LogP contribution in [0, 0.1) is 0 Å². The van der Waals surface area contributed by atoms with Crippen molar-refractivity contribution in [2.45, 2.75) is 0 Å². The third-order valence-corrected chi connectivity index (χ3v) is 2.16. The van der Waals surface area contributed by atoms with Gasteiger partial charge in [-0.3, -0.25) is 4.79 Å². The largest absolute Gasteiger partial charge is 1.00 e. The molecule has 0 radical (unpaired) electrons. The maximum Gasteiger partial charge on any atom is 1.00 e. The zero-order chi connectivity index (χ0) is 12.8. The van der Waals surface area contributed by atoms with E-state index in [4.69, 9.17) is 4.74 Å². The van der Waals surface area contributed by atoms with Crippen molar-refractivity contribution < 1.29 is 65.7 Å². The van der Waals surface area contributed by atoms with E-state index in [0.717, 1.165) is 0 Å². The van der Waals surface area contributed by atoms with Crippen LogP contribution in [0.1, 0.15) is 10.4 Å². The summed E-state index contributed by atoms with van der Waals surface area (Å²) in [7, 11) is 0. The molecule has 0 saturated carbocycles. The minimum Gasteiger partial charge on any atom is -0.555 e. The van der Waals surface area contributed by atoms with Gasteiger partial charge in [0.2, 0.25) is 6.09 Å². The quantitative estimate of drug-likeness (QED) is 0.748. The molecule has 0 fully saturated rings. The van der Waals surface area contributed by atoms with E-state index in [1.807, 2.05) is 0 Å². The fourth-order valence-corrected chi connectivity index (χ4v) is 1.34. The summed E-state index contributed by atoms with van der Waals surface area (Å²) in [5.41, 5.74) is 0.350. The Hall–Kier alpha value is -0.984. The molecule has 4 nitrogen and oxygen atoms in total. The number of hydrogen-bond acceptors (Lipinski definition) is 3. The smallest absolute Gasteiger partial charge is 0.555 e. The van der Waals surface area contributed by atoms with Gasteiger partial charge in [-0.1, -0.05) is 48.5 Å². The van der Waals surface area contributed by atoms with Crippen molar-refractivity contribution in [1.82, 2.24) is 0 Å². The number of carbonyl (C=O) groups is 2. The summed E-state index contributed by atoms with van der Waals surface area (Å²) in [6, 6.07) is 16.8. The van der Waals surface area contributed by atoms with Gasteiger partial charge in [-0.05, 0) is 17.7 Å². The van der Waals surface area contributed by atoms with Crippen LogP contribution >= 0.6 is 0 Å². The first-order valence-electron chi connectivity index (χ1n) is 5.34. The van der Waals surface area contributed by atoms with Gasteiger partial charge in [0.15, 0.2) is 0 Å². The first kappa shape index (κ1) is 16.1. The number of carbonyl (C=O) groups excluding carboxylic acids is 2. The Balaban J connectivity index is 0.00000180. The summed E-state index contributed by atoms with van der Waals surface area (Å²) in [6.45, 7) is 0. The van der Waals surface area contributed by atoms with E-state index in [2.05, 4.69) is 5.32 Å². The first-order chi connectivity index (χ1) is 8.75. The van der Waals surface area contributed by atoms with Crippen LogP contribution in [0.3, 0.4) is 0 Å². The zero-order valence-electron chi connectivity index (χ0n) is 10.4. The second kappa shape index (κ2) is 8.24. The van der Waals surface area contributed by atoms with Gasteiger partial charge in [0.1, 0.15) is 5.75 Å². The Kier molecular flexibility index (Phi) is 6.97. The molecule has 0 bridgehead atoms. The van der Waals surface area contributed by atoms with E-state index < -0.39 is 12.0 Å². The topological polar surface area (TPSA) is 57.5 Å². The molecule has 0 aliphatic rings. The van der Waals surface area contributed by atoms with E-state index >= 15 is 0 Å². The third kappa shape index (κ3) is 5.26. The Morgan fingerprint density at radius 2 is 1.37 bits per heavy atom. The maximum atomic E-state index is 11.6. The molecule has 0 spiro atoms. The number of hydrogen-bond donors (Lipinski definition) is 0. The molecule has 90 valence electrons. The fraction of sp³-hybridized carbons (Fsp3) is 0. The molecule has 2 amide bonds. The summed E-state index contributed by atoms with van der Waals surface area (Å²) in [6.07, 6.45) is -0.921. The molecule has 0 N–H and O–H groups in total. The van der Waals surface area contributed by atoms with E-state index in [-0.39, 0.29) is 51.4 Å². The molecule has 2 rings (SSSR count). The summed E-state index contributed by atoms with van der Waals surface area (Å²) < 4.78 is 4.88. The molecule has 0 unspecified atom stereocenters. The predicted molar refractivity (Wildman–Crippen MR) is 66.6 cm³/mol. The predicted octanol–water partition coefficient (Wildman–Crippen LogP) is 0.403. The third-order valence-electron chi connectivity index (χ3n) is 2.16. The minimum atomic E-state index is -0.921. The van der Waals surface area contributed by atoms with Crippen molar-refractivity contribution >= 4 is 12.0 Å². The number of imide groups is 1. The molecule has 0 atom stereocenters. The summed E-state index contributed by atoms with van der Waals surface area (Å²) in [5, 5.41) is 3.34. The van der Waals surface area contributed by atoms with Gasteiger partial charge in [-0.25, -0.2) is 0 Å². The van der Waals surface area contributed by atoms with Crippen molar-refractivity contribution in [2.24, 2.45) is 0 Å². The van der Waals surface area contributed by atoms with Crippen molar-refractivity contribution in [3.63, 3.8) is 0 Å². The second-order valence-electron chi connectivity index (χ2n) is 3.46. The first-order valence-corrected chi connectivity index (χ1v) is 5.34. The molecule has 0 heterocycles. The number of para-hydroxylation sites is 1. The molecule has 0 aromatic heterocycles. The average Bonchev–Trinajstić information content (AvgIpc) is 2.40. The maximum absolute atomic E-state index is 11.6. The molecular weight excluding hydrogens is 269 g/mol. The van der Waals surface area contributed by atoms with E-state index in [0.29, 0.717) is 11.3 Å². The van der Waals surface area contributed by atoms with Crippen LogP contribution in [0.2, 0.25) is 0 Å². The van der Waals surface area contributed by atoms with Crippen molar-refractivity contribution in [1.29, 1.82) is 0 Å². The van der Waals surface area contributed by atoms with Crippen LogP contribution in [0.4, 0.5) is 4.79 Å². The van der Waals surface area contributed by atoms with Crippen molar-refractivity contribution in [3.05, 3.63) is 71.5 Å². The van der Waals surface area contributed by atoms with Crippen LogP contribution in [-0.4, -0.2) is 12.0 Å². The number of benzene rings is 2. The number of ether oxygens (including phenoxy) is 1. The van der Waals surface area contributed by atoms with Crippen LogP contribution in [0.15, 0.2) is 60.7 Å². The van der Waals surface area contributed by atoms with Gasteiger partial charge in [-0.15, -0.1) is 0 Å². The molecule has 2 aromatic carbocycles. The fourth-order valence-electron chi connectivity index (χ4n) is 1.34. The van der Waals surface area contributed by atoms with Gasteiger partial charge in [0, 0.05) is 0 Å². The Morgan fingerprint density at radius 1 is 0.842 bits per heavy atom. The molecular formula is C14H10KNO3. The van der Waals surface area contributed by atoms with Gasteiger partial charge >= 0.3 is 51.4 Å². The standard InChI is InChI=1S/C14H11NO3.K/c16-13(11-7-3-1-4-8-11)15-14(17)18-12-9-5-2-6-10-12;/h1-10H,(H,15,16,17);/q;+1/p-1. The van der Waals surface area contributed by atoms with Crippen LogP contribution in [0.25, 0.3) is 5.32 Å². The summed E-state index contributed by atoms with van der Waals surface area (Å²) in [4.78, 5) is 23.0. The Morgan fingerprint density at radius 3 is 1.95 bits per heavy atom. The van der Waals surface area contributed by atoms with Crippen LogP contribution < -0.4 is 56.1 Å². The van der Waals surface area contributed by atoms with E-state index in [1.165, 1.54) is 0 Å². The normalized spacial score (nSPS) is 9.05.